The van der Waals surface area contributed by atoms with E-state index in [0.717, 1.165) is 95.0 Å². The number of hydrogen-bond acceptors (Lipinski definition) is 2. The van der Waals surface area contributed by atoms with Gasteiger partial charge in [0.1, 0.15) is 5.82 Å². The van der Waals surface area contributed by atoms with Crippen molar-refractivity contribution in [1.29, 1.82) is 0 Å². The summed E-state index contributed by atoms with van der Waals surface area (Å²) in [4.78, 5) is 0. The van der Waals surface area contributed by atoms with Gasteiger partial charge in [0, 0.05) is 31.6 Å². The minimum Gasteiger partial charge on any atom is -0.378 e. The van der Waals surface area contributed by atoms with Crippen molar-refractivity contribution in [2.75, 3.05) is 13.2 Å². The van der Waals surface area contributed by atoms with E-state index in [-0.39, 0.29) is 5.82 Å². The van der Waals surface area contributed by atoms with Crippen molar-refractivity contribution in [2.45, 2.75) is 95.7 Å². The van der Waals surface area contributed by atoms with Crippen molar-refractivity contribution in [3.8, 4) is 11.1 Å². The first kappa shape index (κ1) is 25.3. The van der Waals surface area contributed by atoms with E-state index in [1.54, 1.807) is 6.07 Å². The van der Waals surface area contributed by atoms with E-state index in [2.05, 4.69) is 32.0 Å². The molecule has 4 rings (SSSR count). The molecule has 2 nitrogen and oxygen atoms in total. The van der Waals surface area contributed by atoms with Gasteiger partial charge < -0.3 is 9.47 Å². The summed E-state index contributed by atoms with van der Waals surface area (Å²) in [5.74, 6) is 1.70. The second-order valence-corrected chi connectivity index (χ2v) is 10.2. The van der Waals surface area contributed by atoms with E-state index in [1.165, 1.54) is 11.5 Å². The van der Waals surface area contributed by atoms with Crippen LogP contribution in [-0.4, -0.2) is 25.4 Å². The quantitative estimate of drug-likeness (QED) is 0.260. The predicted molar refractivity (Wildman–Crippen MR) is 138 cm³/mol. The molecule has 0 aliphatic heterocycles. The molecule has 0 atom stereocenters. The molecule has 34 heavy (non-hydrogen) atoms. The summed E-state index contributed by atoms with van der Waals surface area (Å²) < 4.78 is 27.1. The van der Waals surface area contributed by atoms with E-state index >= 15 is 0 Å². The average molecular weight is 465 g/mol. The molecule has 0 unspecified atom stereocenters. The minimum atomic E-state index is -0.111. The fourth-order valence-electron chi connectivity index (χ4n) is 5.37. The molecular weight excluding hydrogens is 423 g/mol. The normalized spacial score (nSPS) is 21.7. The molecule has 0 heterocycles. The first-order valence-electron chi connectivity index (χ1n) is 13.4. The lowest BCUT2D eigenvalue weighted by atomic mass is 9.82. The number of ether oxygens (including phenoxy) is 2. The first-order valence-corrected chi connectivity index (χ1v) is 13.4. The van der Waals surface area contributed by atoms with Gasteiger partial charge in [-0.1, -0.05) is 49.2 Å². The van der Waals surface area contributed by atoms with Gasteiger partial charge in [-0.2, -0.15) is 0 Å². The predicted octanol–water partition coefficient (Wildman–Crippen LogP) is 8.25. The molecular formula is C31H41FO2. The molecule has 0 spiro atoms. The standard InChI is InChI=1S/C31H41FO2/c1-3-24-8-10-26(11-9-24)30-19-14-27(22-31(30)32)25-12-17-29(18-13-25)34-21-5-4-20-33-28-15-6-23(2)7-16-28/h8-11,14,19,22,25,28-29H,2-7,12-13,15-18,20-21H2,1H3. The van der Waals surface area contributed by atoms with Gasteiger partial charge in [0.15, 0.2) is 0 Å². The molecule has 0 aromatic heterocycles. The van der Waals surface area contributed by atoms with E-state index in [0.29, 0.717) is 23.7 Å². The van der Waals surface area contributed by atoms with E-state index in [9.17, 15) is 4.39 Å². The van der Waals surface area contributed by atoms with Gasteiger partial charge in [0.05, 0.1) is 25.0 Å². The van der Waals surface area contributed by atoms with Gasteiger partial charge in [0.25, 0.3) is 0 Å². The highest BCUT2D eigenvalue weighted by atomic mass is 19.1. The van der Waals surface area contributed by atoms with Crippen molar-refractivity contribution in [1.82, 2.24) is 0 Å². The molecule has 2 aromatic carbocycles. The van der Waals surface area contributed by atoms with Crippen molar-refractivity contribution >= 4 is 0 Å². The van der Waals surface area contributed by atoms with E-state index in [4.69, 9.17) is 9.47 Å². The highest BCUT2D eigenvalue weighted by Crippen LogP contribution is 2.36. The Morgan fingerprint density at radius 2 is 1.47 bits per heavy atom. The van der Waals surface area contributed by atoms with Gasteiger partial charge >= 0.3 is 0 Å². The van der Waals surface area contributed by atoms with Crippen LogP contribution in [0.15, 0.2) is 42.5 Å². The molecule has 3 heteroatoms. The molecule has 2 aliphatic rings. The SMILES string of the molecule is [CH2-][C+]1CCC(OCCCCOC2CCC(c3ccc(-c4ccc(CC)cc4)c(F)c3)CC2)CC1. The Labute approximate surface area is 206 Å². The maximum Gasteiger partial charge on any atom is 0.131 e. The Bertz CT molecular complexity index is 862. The zero-order valence-electron chi connectivity index (χ0n) is 20.9. The van der Waals surface area contributed by atoms with Crippen molar-refractivity contribution in [3.05, 3.63) is 72.3 Å². The Morgan fingerprint density at radius 1 is 0.853 bits per heavy atom. The summed E-state index contributed by atoms with van der Waals surface area (Å²) in [6.45, 7) is 7.87. The topological polar surface area (TPSA) is 18.5 Å². The van der Waals surface area contributed by atoms with Crippen LogP contribution in [0.1, 0.15) is 88.2 Å². The summed E-state index contributed by atoms with van der Waals surface area (Å²) in [6, 6.07) is 14.1. The monoisotopic (exact) mass is 464 g/mol. The number of halogens is 1. The summed E-state index contributed by atoms with van der Waals surface area (Å²) in [6.07, 6.45) is 12.7. The molecule has 184 valence electrons. The third-order valence-electron chi connectivity index (χ3n) is 7.70. The number of unbranched alkanes of at least 4 members (excludes halogenated alkanes) is 1. The zero-order valence-corrected chi connectivity index (χ0v) is 20.9. The van der Waals surface area contributed by atoms with Crippen LogP contribution >= 0.6 is 0 Å². The lowest BCUT2D eigenvalue weighted by Gasteiger charge is -2.29. The third kappa shape index (κ3) is 7.09. The fraction of sp³-hybridized carbons (Fsp3) is 0.548. The Balaban J connectivity index is 1.14. The molecule has 0 amide bonds. The van der Waals surface area contributed by atoms with Crippen molar-refractivity contribution in [3.63, 3.8) is 0 Å². The third-order valence-corrected chi connectivity index (χ3v) is 7.70. The Hall–Kier alpha value is -1.84. The average Bonchev–Trinajstić information content (AvgIpc) is 2.87. The van der Waals surface area contributed by atoms with Crippen LogP contribution in [0.2, 0.25) is 0 Å². The number of rotatable bonds is 10. The van der Waals surface area contributed by atoms with Crippen LogP contribution < -0.4 is 0 Å². The second kappa shape index (κ2) is 12.7. The number of aryl methyl sites for hydroxylation is 1. The summed E-state index contributed by atoms with van der Waals surface area (Å²) in [5, 5.41) is 0. The van der Waals surface area contributed by atoms with E-state index in [1.807, 2.05) is 18.2 Å². The summed E-state index contributed by atoms with van der Waals surface area (Å²) in [5.41, 5.74) is 4.06. The molecule has 2 fully saturated rings. The molecule has 0 N–H and O–H groups in total. The minimum absolute atomic E-state index is 0.111. The van der Waals surface area contributed by atoms with Crippen LogP contribution in [0.4, 0.5) is 4.39 Å². The lowest BCUT2D eigenvalue weighted by Crippen LogP contribution is -2.22. The number of hydrogen-bond donors (Lipinski definition) is 0. The van der Waals surface area contributed by atoms with Crippen LogP contribution in [-0.2, 0) is 15.9 Å². The summed E-state index contributed by atoms with van der Waals surface area (Å²) >= 11 is 0. The maximum absolute atomic E-state index is 14.9. The van der Waals surface area contributed by atoms with Gasteiger partial charge in [-0.3, -0.25) is 0 Å². The van der Waals surface area contributed by atoms with Gasteiger partial charge in [0.2, 0.25) is 0 Å². The molecule has 2 saturated carbocycles. The van der Waals surface area contributed by atoms with Crippen LogP contribution in [0.3, 0.4) is 0 Å². The fourth-order valence-corrected chi connectivity index (χ4v) is 5.37. The highest BCUT2D eigenvalue weighted by molar-refractivity contribution is 5.65. The van der Waals surface area contributed by atoms with Gasteiger partial charge in [-0.15, -0.1) is 6.92 Å². The largest absolute Gasteiger partial charge is 0.378 e. The van der Waals surface area contributed by atoms with Gasteiger partial charge in [-0.05, 0) is 73.6 Å². The van der Waals surface area contributed by atoms with Crippen molar-refractivity contribution in [2.24, 2.45) is 0 Å². The molecule has 2 aromatic rings. The molecule has 0 saturated heterocycles. The van der Waals surface area contributed by atoms with Gasteiger partial charge in [-0.25, -0.2) is 4.39 Å². The van der Waals surface area contributed by atoms with E-state index < -0.39 is 0 Å². The van der Waals surface area contributed by atoms with Crippen molar-refractivity contribution < 1.29 is 13.9 Å². The highest BCUT2D eigenvalue weighted by Gasteiger charge is 2.24. The zero-order chi connectivity index (χ0) is 23.8. The lowest BCUT2D eigenvalue weighted by molar-refractivity contribution is 0.00749. The van der Waals surface area contributed by atoms with Crippen LogP contribution in [0, 0.1) is 18.7 Å². The Morgan fingerprint density at radius 3 is 2.06 bits per heavy atom. The molecule has 0 radical (unpaired) electrons. The smallest absolute Gasteiger partial charge is 0.131 e. The Kier molecular flexibility index (Phi) is 9.47. The molecule has 2 aliphatic carbocycles. The van der Waals surface area contributed by atoms with Crippen LogP contribution in [0.25, 0.3) is 11.1 Å². The van der Waals surface area contributed by atoms with Crippen LogP contribution in [0.5, 0.6) is 0 Å². The first-order chi connectivity index (χ1) is 16.6. The summed E-state index contributed by atoms with van der Waals surface area (Å²) in [7, 11) is 0. The maximum atomic E-state index is 14.9. The second-order valence-electron chi connectivity index (χ2n) is 10.2. The molecule has 0 bridgehead atoms. The number of benzene rings is 2.